The quantitative estimate of drug-likeness (QED) is 0.750. The smallest absolute Gasteiger partial charge is 0.248 e. The number of nitrogens with one attached hydrogen (secondary N) is 1. The molecule has 0 aliphatic carbocycles. The van der Waals surface area contributed by atoms with Gasteiger partial charge >= 0.3 is 0 Å². The number of benzene rings is 1. The van der Waals surface area contributed by atoms with E-state index in [0.29, 0.717) is 25.9 Å². The van der Waals surface area contributed by atoms with Crippen molar-refractivity contribution >= 4 is 21.8 Å². The highest BCUT2D eigenvalue weighted by atomic mass is 32.2. The number of carbonyl (C=O) groups is 2. The van der Waals surface area contributed by atoms with Crippen molar-refractivity contribution in [3.63, 3.8) is 0 Å². The van der Waals surface area contributed by atoms with Crippen LogP contribution in [0.2, 0.25) is 0 Å². The van der Waals surface area contributed by atoms with Gasteiger partial charge in [-0.05, 0) is 37.1 Å². The lowest BCUT2D eigenvalue weighted by Crippen LogP contribution is -2.46. The number of rotatable bonds is 5. The zero-order chi connectivity index (χ0) is 17.0. The Morgan fingerprint density at radius 3 is 2.52 bits per heavy atom. The first-order valence-electron chi connectivity index (χ1n) is 7.17. The molecule has 1 fully saturated rings. The largest absolute Gasteiger partial charge is 0.366 e. The van der Waals surface area contributed by atoms with Gasteiger partial charge in [-0.15, -0.1) is 0 Å². The molecule has 1 aromatic carbocycles. The Kier molecular flexibility index (Phi) is 5.17. The number of carbonyl (C=O) groups excluding carboxylic acids is 2. The van der Waals surface area contributed by atoms with E-state index >= 15 is 0 Å². The second-order valence-electron chi connectivity index (χ2n) is 5.28. The van der Waals surface area contributed by atoms with Crippen LogP contribution in [0.1, 0.15) is 23.2 Å². The molecule has 1 aliphatic heterocycles. The summed E-state index contributed by atoms with van der Waals surface area (Å²) < 4.78 is 26.6. The third-order valence-corrected chi connectivity index (χ3v) is 5.64. The Labute approximate surface area is 135 Å². The molecule has 0 aromatic heterocycles. The van der Waals surface area contributed by atoms with Crippen molar-refractivity contribution < 1.29 is 18.0 Å². The normalized spacial score (nSPS) is 16.7. The maximum atomic E-state index is 12.6. The number of piperidine rings is 1. The minimum Gasteiger partial charge on any atom is -0.366 e. The molecule has 1 heterocycles. The molecule has 2 rings (SSSR count). The van der Waals surface area contributed by atoms with E-state index in [1.165, 1.54) is 34.6 Å². The molecule has 8 heteroatoms. The van der Waals surface area contributed by atoms with Crippen molar-refractivity contribution in [3.8, 4) is 0 Å². The van der Waals surface area contributed by atoms with Gasteiger partial charge in [0.05, 0.1) is 4.90 Å². The van der Waals surface area contributed by atoms with Gasteiger partial charge in [-0.2, -0.15) is 4.31 Å². The lowest BCUT2D eigenvalue weighted by atomic mass is 10.1. The minimum absolute atomic E-state index is 0.0439. The van der Waals surface area contributed by atoms with Crippen LogP contribution in [0, 0.1) is 0 Å². The fraction of sp³-hybridized carbons (Fsp3) is 0.333. The number of primary amides is 1. The number of sulfonamides is 1. The number of nitrogens with zero attached hydrogens (tertiary/aromatic N) is 1. The van der Waals surface area contributed by atoms with Crippen LogP contribution in [0.25, 0.3) is 0 Å². The lowest BCUT2D eigenvalue weighted by Gasteiger charge is -2.31. The van der Waals surface area contributed by atoms with Crippen LogP contribution in [0.15, 0.2) is 41.8 Å². The van der Waals surface area contributed by atoms with Crippen LogP contribution >= 0.6 is 0 Å². The van der Waals surface area contributed by atoms with Gasteiger partial charge in [0.15, 0.2) is 0 Å². The molecule has 124 valence electrons. The fourth-order valence-corrected chi connectivity index (χ4v) is 3.98. The molecule has 23 heavy (non-hydrogen) atoms. The predicted molar refractivity (Wildman–Crippen MR) is 85.1 cm³/mol. The molecule has 2 amide bonds. The van der Waals surface area contributed by atoms with Crippen LogP contribution in [0.5, 0.6) is 0 Å². The van der Waals surface area contributed by atoms with Crippen LogP contribution in [-0.4, -0.2) is 43.7 Å². The first-order chi connectivity index (χ1) is 10.8. The second kappa shape index (κ2) is 6.93. The summed E-state index contributed by atoms with van der Waals surface area (Å²) in [5, 5.41) is 2.76. The van der Waals surface area contributed by atoms with E-state index in [-0.39, 0.29) is 22.4 Å². The summed E-state index contributed by atoms with van der Waals surface area (Å²) in [6, 6.07) is 5.61. The van der Waals surface area contributed by atoms with E-state index in [1.54, 1.807) is 0 Å². The zero-order valence-corrected chi connectivity index (χ0v) is 13.4. The van der Waals surface area contributed by atoms with Crippen LogP contribution in [0.4, 0.5) is 0 Å². The highest BCUT2D eigenvalue weighted by Gasteiger charge is 2.30. The Bertz CT molecular complexity index is 722. The lowest BCUT2D eigenvalue weighted by molar-refractivity contribution is -0.117. The molecule has 3 N–H and O–H groups in total. The van der Waals surface area contributed by atoms with Crippen molar-refractivity contribution in [2.45, 2.75) is 23.8 Å². The second-order valence-corrected chi connectivity index (χ2v) is 7.22. The van der Waals surface area contributed by atoms with Gasteiger partial charge in [-0.3, -0.25) is 9.59 Å². The van der Waals surface area contributed by atoms with Crippen LogP contribution in [0.3, 0.4) is 0 Å². The summed E-state index contributed by atoms with van der Waals surface area (Å²) >= 11 is 0. The maximum absolute atomic E-state index is 12.6. The SMILES string of the molecule is C=CC(=O)NC1CCN(S(=O)(=O)c2cccc(C(N)=O)c2)CC1. The van der Waals surface area contributed by atoms with E-state index < -0.39 is 15.9 Å². The topological polar surface area (TPSA) is 110 Å². The number of amides is 2. The van der Waals surface area contributed by atoms with E-state index in [0.717, 1.165) is 0 Å². The molecule has 0 radical (unpaired) electrons. The first kappa shape index (κ1) is 17.2. The monoisotopic (exact) mass is 337 g/mol. The van der Waals surface area contributed by atoms with Gasteiger partial charge < -0.3 is 11.1 Å². The highest BCUT2D eigenvalue weighted by molar-refractivity contribution is 7.89. The summed E-state index contributed by atoms with van der Waals surface area (Å²) in [5.41, 5.74) is 5.34. The average Bonchev–Trinajstić information content (AvgIpc) is 2.55. The average molecular weight is 337 g/mol. The Balaban J connectivity index is 2.10. The Morgan fingerprint density at radius 1 is 1.30 bits per heavy atom. The van der Waals surface area contributed by atoms with Gasteiger partial charge in [0.1, 0.15) is 0 Å². The molecule has 1 saturated heterocycles. The van der Waals surface area contributed by atoms with Gasteiger partial charge in [0, 0.05) is 24.7 Å². The Morgan fingerprint density at radius 2 is 1.96 bits per heavy atom. The number of nitrogens with two attached hydrogens (primary N) is 1. The highest BCUT2D eigenvalue weighted by Crippen LogP contribution is 2.21. The standard InChI is InChI=1S/C15H19N3O4S/c1-2-14(19)17-12-6-8-18(9-7-12)23(21,22)13-5-3-4-11(10-13)15(16)20/h2-5,10,12H,1,6-9H2,(H2,16,20)(H,17,19). The predicted octanol–water partition coefficient (Wildman–Crippen LogP) is 0.241. The molecule has 1 aliphatic rings. The van der Waals surface area contributed by atoms with E-state index in [4.69, 9.17) is 5.73 Å². The summed E-state index contributed by atoms with van der Waals surface area (Å²) in [4.78, 5) is 22.5. The van der Waals surface area contributed by atoms with Crippen molar-refractivity contribution in [2.75, 3.05) is 13.1 Å². The van der Waals surface area contributed by atoms with Crippen molar-refractivity contribution in [1.29, 1.82) is 0 Å². The van der Waals surface area contributed by atoms with Crippen LogP contribution < -0.4 is 11.1 Å². The molecule has 0 atom stereocenters. The third kappa shape index (κ3) is 3.96. The minimum atomic E-state index is -3.68. The summed E-state index contributed by atoms with van der Waals surface area (Å²) in [6.07, 6.45) is 2.24. The van der Waals surface area contributed by atoms with E-state index in [1.807, 2.05) is 0 Å². The van der Waals surface area contributed by atoms with Crippen molar-refractivity contribution in [2.24, 2.45) is 5.73 Å². The fourth-order valence-electron chi connectivity index (χ4n) is 2.46. The van der Waals surface area contributed by atoms with Gasteiger partial charge in [-0.25, -0.2) is 8.42 Å². The van der Waals surface area contributed by atoms with E-state index in [9.17, 15) is 18.0 Å². The van der Waals surface area contributed by atoms with Gasteiger partial charge in [0.2, 0.25) is 21.8 Å². The summed E-state index contributed by atoms with van der Waals surface area (Å²) in [5.74, 6) is -0.937. The zero-order valence-electron chi connectivity index (χ0n) is 12.6. The molecular formula is C15H19N3O4S. The molecule has 0 spiro atoms. The maximum Gasteiger partial charge on any atom is 0.248 e. The number of hydrogen-bond acceptors (Lipinski definition) is 4. The molecule has 0 saturated carbocycles. The van der Waals surface area contributed by atoms with Gasteiger partial charge in [-0.1, -0.05) is 12.6 Å². The van der Waals surface area contributed by atoms with Crippen molar-refractivity contribution in [3.05, 3.63) is 42.5 Å². The molecule has 0 unspecified atom stereocenters. The molecular weight excluding hydrogens is 318 g/mol. The molecule has 0 bridgehead atoms. The van der Waals surface area contributed by atoms with E-state index in [2.05, 4.69) is 11.9 Å². The first-order valence-corrected chi connectivity index (χ1v) is 8.61. The molecule has 1 aromatic rings. The third-order valence-electron chi connectivity index (χ3n) is 3.74. The Hall–Kier alpha value is -2.19. The molecule has 7 nitrogen and oxygen atoms in total. The number of hydrogen-bond donors (Lipinski definition) is 2. The summed E-state index contributed by atoms with van der Waals surface area (Å²) in [7, 11) is -3.68. The van der Waals surface area contributed by atoms with Crippen LogP contribution in [-0.2, 0) is 14.8 Å². The van der Waals surface area contributed by atoms with Gasteiger partial charge in [0.25, 0.3) is 0 Å². The summed E-state index contributed by atoms with van der Waals surface area (Å²) in [6.45, 7) is 3.98. The van der Waals surface area contributed by atoms with Crippen molar-refractivity contribution in [1.82, 2.24) is 9.62 Å².